The van der Waals surface area contributed by atoms with Crippen molar-refractivity contribution in [2.24, 2.45) is 11.7 Å². The van der Waals surface area contributed by atoms with Crippen molar-refractivity contribution < 1.29 is 33.9 Å². The van der Waals surface area contributed by atoms with Gasteiger partial charge >= 0.3 is 5.97 Å². The van der Waals surface area contributed by atoms with Crippen LogP contribution >= 0.6 is 0 Å². The van der Waals surface area contributed by atoms with E-state index in [4.69, 9.17) is 5.73 Å². The second-order valence-electron chi connectivity index (χ2n) is 11.4. The van der Waals surface area contributed by atoms with Crippen LogP contribution in [0.2, 0.25) is 0 Å². The SMILES string of the molecule is CC(C)C[C@H](NC(=O)Cc1ccccc1)C(=O)N[C@@H](CC(=O)O)C(=O)N[C@@H](Cc1ccccc1)C(=O)N1CCC[C@@H]1C(N)=O. The quantitative estimate of drug-likeness (QED) is 0.199. The van der Waals surface area contributed by atoms with E-state index < -0.39 is 66.1 Å². The Morgan fingerprint density at radius 2 is 1.41 bits per heavy atom. The smallest absolute Gasteiger partial charge is 0.305 e. The van der Waals surface area contributed by atoms with Crippen LogP contribution in [-0.2, 0) is 41.6 Å². The number of rotatable bonds is 15. The molecular formula is C32H41N5O7. The Labute approximate surface area is 256 Å². The van der Waals surface area contributed by atoms with Gasteiger partial charge in [0.2, 0.25) is 29.5 Å². The highest BCUT2D eigenvalue weighted by molar-refractivity contribution is 5.97. The summed E-state index contributed by atoms with van der Waals surface area (Å²) in [6.07, 6.45) is 0.547. The third-order valence-corrected chi connectivity index (χ3v) is 7.34. The molecule has 1 aliphatic rings. The Balaban J connectivity index is 1.79. The number of nitrogens with zero attached hydrogens (tertiary/aromatic N) is 1. The zero-order valence-corrected chi connectivity index (χ0v) is 25.0. The number of carbonyl (C=O) groups is 6. The molecular weight excluding hydrogens is 566 g/mol. The van der Waals surface area contributed by atoms with Crippen LogP contribution in [0.5, 0.6) is 0 Å². The van der Waals surface area contributed by atoms with Gasteiger partial charge in [-0.1, -0.05) is 74.5 Å². The molecule has 1 aliphatic heterocycles. The van der Waals surface area contributed by atoms with Gasteiger partial charge in [0.25, 0.3) is 0 Å². The molecule has 3 rings (SSSR count). The third-order valence-electron chi connectivity index (χ3n) is 7.34. The lowest BCUT2D eigenvalue weighted by Crippen LogP contribution is -2.59. The van der Waals surface area contributed by atoms with E-state index in [1.807, 2.05) is 19.9 Å². The summed E-state index contributed by atoms with van der Waals surface area (Å²) in [4.78, 5) is 78.3. The summed E-state index contributed by atoms with van der Waals surface area (Å²) in [5, 5.41) is 17.4. The largest absolute Gasteiger partial charge is 0.481 e. The minimum Gasteiger partial charge on any atom is -0.481 e. The van der Waals surface area contributed by atoms with E-state index in [1.165, 1.54) is 4.90 Å². The molecule has 2 aromatic rings. The highest BCUT2D eigenvalue weighted by Gasteiger charge is 2.38. The maximum absolute atomic E-state index is 13.6. The fourth-order valence-corrected chi connectivity index (χ4v) is 5.23. The molecule has 0 aliphatic carbocycles. The number of benzene rings is 2. The summed E-state index contributed by atoms with van der Waals surface area (Å²) in [5.74, 6) is -4.56. The molecule has 0 radical (unpaired) electrons. The normalized spacial score (nSPS) is 16.4. The number of hydrogen-bond acceptors (Lipinski definition) is 6. The monoisotopic (exact) mass is 607 g/mol. The first-order valence-corrected chi connectivity index (χ1v) is 14.7. The summed E-state index contributed by atoms with van der Waals surface area (Å²) < 4.78 is 0. The number of amides is 5. The Morgan fingerprint density at radius 3 is 1.98 bits per heavy atom. The number of hydrogen-bond donors (Lipinski definition) is 5. The summed E-state index contributed by atoms with van der Waals surface area (Å²) in [6, 6.07) is 13.3. The molecule has 6 N–H and O–H groups in total. The number of likely N-dealkylation sites (tertiary alicyclic amines) is 1. The van der Waals surface area contributed by atoms with Gasteiger partial charge in [-0.2, -0.15) is 0 Å². The van der Waals surface area contributed by atoms with Crippen molar-refractivity contribution in [1.82, 2.24) is 20.9 Å². The van der Waals surface area contributed by atoms with Crippen molar-refractivity contribution >= 4 is 35.5 Å². The van der Waals surface area contributed by atoms with E-state index in [1.54, 1.807) is 54.6 Å². The van der Waals surface area contributed by atoms with Crippen LogP contribution in [0, 0.1) is 5.92 Å². The van der Waals surface area contributed by atoms with Gasteiger partial charge in [-0.25, -0.2) is 0 Å². The van der Waals surface area contributed by atoms with E-state index in [2.05, 4.69) is 16.0 Å². The first kappa shape index (κ1) is 33.8. The van der Waals surface area contributed by atoms with Crippen molar-refractivity contribution in [1.29, 1.82) is 0 Å². The number of carbonyl (C=O) groups excluding carboxylic acids is 5. The van der Waals surface area contributed by atoms with Gasteiger partial charge in [0.05, 0.1) is 12.8 Å². The van der Waals surface area contributed by atoms with Crippen LogP contribution in [0.1, 0.15) is 50.7 Å². The van der Waals surface area contributed by atoms with Crippen LogP contribution in [-0.4, -0.2) is 76.2 Å². The Hall–Kier alpha value is -4.74. The zero-order chi connectivity index (χ0) is 32.2. The summed E-state index contributed by atoms with van der Waals surface area (Å²) in [5.41, 5.74) is 6.99. The average molecular weight is 608 g/mol. The predicted molar refractivity (Wildman–Crippen MR) is 162 cm³/mol. The van der Waals surface area contributed by atoms with Crippen molar-refractivity contribution in [2.45, 2.75) is 76.5 Å². The van der Waals surface area contributed by atoms with E-state index in [0.717, 1.165) is 11.1 Å². The number of aliphatic carboxylic acids is 1. The molecule has 5 amide bonds. The number of nitrogens with one attached hydrogen (secondary N) is 3. The van der Waals surface area contributed by atoms with Gasteiger partial charge in [0.1, 0.15) is 24.2 Å². The summed E-state index contributed by atoms with van der Waals surface area (Å²) in [6.45, 7) is 4.01. The molecule has 44 heavy (non-hydrogen) atoms. The van der Waals surface area contributed by atoms with Gasteiger partial charge in [0.15, 0.2) is 0 Å². The number of carboxylic acid groups (broad SMARTS) is 1. The highest BCUT2D eigenvalue weighted by atomic mass is 16.4. The zero-order valence-electron chi connectivity index (χ0n) is 25.0. The summed E-state index contributed by atoms with van der Waals surface area (Å²) in [7, 11) is 0. The van der Waals surface area contributed by atoms with Gasteiger partial charge in [0, 0.05) is 13.0 Å². The molecule has 12 nitrogen and oxygen atoms in total. The topological polar surface area (TPSA) is 188 Å². The van der Waals surface area contributed by atoms with E-state index in [0.29, 0.717) is 12.8 Å². The maximum atomic E-state index is 13.6. The Bertz CT molecular complexity index is 1320. The number of nitrogens with two attached hydrogens (primary N) is 1. The molecule has 2 aromatic carbocycles. The predicted octanol–water partition coefficient (Wildman–Crippen LogP) is 0.923. The fraction of sp³-hybridized carbons (Fsp3) is 0.438. The molecule has 4 atom stereocenters. The third kappa shape index (κ3) is 10.2. The molecule has 0 aromatic heterocycles. The van der Waals surface area contributed by atoms with Crippen LogP contribution in [0.15, 0.2) is 60.7 Å². The van der Waals surface area contributed by atoms with Gasteiger partial charge in [-0.05, 0) is 36.3 Å². The molecule has 1 heterocycles. The van der Waals surface area contributed by atoms with Gasteiger partial charge in [-0.3, -0.25) is 28.8 Å². The molecule has 0 bridgehead atoms. The molecule has 0 unspecified atom stereocenters. The van der Waals surface area contributed by atoms with Crippen molar-refractivity contribution in [3.8, 4) is 0 Å². The van der Waals surface area contributed by atoms with Crippen molar-refractivity contribution in [3.05, 3.63) is 71.8 Å². The van der Waals surface area contributed by atoms with Crippen LogP contribution in [0.3, 0.4) is 0 Å². The minimum absolute atomic E-state index is 0.0129. The standard InChI is InChI=1S/C32H41N5O7/c1-20(2)16-23(34-27(38)18-22-12-7-4-8-13-22)30(42)35-24(19-28(39)40)31(43)36-25(17-21-10-5-3-6-11-21)32(44)37-15-9-14-26(37)29(33)41/h3-8,10-13,20,23-26H,9,14-19H2,1-2H3,(H2,33,41)(H,34,38)(H,35,42)(H,36,43)(H,39,40)/t23-,24-,25-,26+/m0/s1. The van der Waals surface area contributed by atoms with Crippen LogP contribution in [0.25, 0.3) is 0 Å². The minimum atomic E-state index is -1.54. The van der Waals surface area contributed by atoms with Gasteiger partial charge < -0.3 is 31.7 Å². The second-order valence-corrected chi connectivity index (χ2v) is 11.4. The first-order valence-electron chi connectivity index (χ1n) is 14.7. The lowest BCUT2D eigenvalue weighted by atomic mass is 10.0. The van der Waals surface area contributed by atoms with Crippen molar-refractivity contribution in [3.63, 3.8) is 0 Å². The molecule has 1 saturated heterocycles. The lowest BCUT2D eigenvalue weighted by molar-refractivity contribution is -0.143. The average Bonchev–Trinajstić information content (AvgIpc) is 3.47. The fourth-order valence-electron chi connectivity index (χ4n) is 5.23. The van der Waals surface area contributed by atoms with E-state index >= 15 is 0 Å². The van der Waals surface area contributed by atoms with E-state index in [9.17, 15) is 33.9 Å². The van der Waals surface area contributed by atoms with E-state index in [-0.39, 0.29) is 31.7 Å². The molecule has 0 saturated carbocycles. The molecule has 236 valence electrons. The second kappa shape index (κ2) is 16.2. The van der Waals surface area contributed by atoms with Gasteiger partial charge in [-0.15, -0.1) is 0 Å². The number of primary amides is 1. The maximum Gasteiger partial charge on any atom is 0.305 e. The molecule has 1 fully saturated rings. The number of carboxylic acids is 1. The molecule has 0 spiro atoms. The first-order chi connectivity index (χ1) is 20.9. The summed E-state index contributed by atoms with van der Waals surface area (Å²) >= 11 is 0. The van der Waals surface area contributed by atoms with Crippen LogP contribution in [0.4, 0.5) is 0 Å². The molecule has 12 heteroatoms. The highest BCUT2D eigenvalue weighted by Crippen LogP contribution is 2.19. The van der Waals surface area contributed by atoms with Crippen LogP contribution < -0.4 is 21.7 Å². The lowest BCUT2D eigenvalue weighted by Gasteiger charge is -2.29. The van der Waals surface area contributed by atoms with Crippen molar-refractivity contribution in [2.75, 3.05) is 6.54 Å². The Kier molecular flexibility index (Phi) is 12.4. The Morgan fingerprint density at radius 1 is 0.841 bits per heavy atom.